The second-order valence-electron chi connectivity index (χ2n) is 8.28. The first-order valence-electron chi connectivity index (χ1n) is 10.5. The smallest absolute Gasteiger partial charge is 0.173 e. The maximum Gasteiger partial charge on any atom is 0.173 e. The fourth-order valence-corrected chi connectivity index (χ4v) is 4.93. The molecule has 156 valence electrons. The van der Waals surface area contributed by atoms with Gasteiger partial charge in [0, 0.05) is 31.4 Å². The Morgan fingerprint density at radius 2 is 2.07 bits per heavy atom. The standard InChI is InChI=1S/C24H26N2O4/c1-28-18-6-4-17(5-7-18)21-14-29-24-19(23(21)27)8-9-22-20(24)13-26(15-30-22)12-16-3-2-10-25-11-16/h2-7,10-11,14,19-20,22,24H,8-9,12-13,15H2,1H3. The third-order valence-electron chi connectivity index (χ3n) is 6.47. The lowest BCUT2D eigenvalue weighted by Gasteiger charge is -2.48. The monoisotopic (exact) mass is 406 g/mol. The van der Waals surface area contributed by atoms with Gasteiger partial charge in [-0.15, -0.1) is 0 Å². The van der Waals surface area contributed by atoms with E-state index in [0.717, 1.165) is 42.8 Å². The van der Waals surface area contributed by atoms with Crippen LogP contribution in [-0.2, 0) is 20.8 Å². The highest BCUT2D eigenvalue weighted by molar-refractivity contribution is 6.22. The maximum absolute atomic E-state index is 13.3. The predicted molar refractivity (Wildman–Crippen MR) is 111 cm³/mol. The van der Waals surface area contributed by atoms with E-state index in [1.54, 1.807) is 19.6 Å². The summed E-state index contributed by atoms with van der Waals surface area (Å²) in [7, 11) is 1.63. The normalized spacial score (nSPS) is 28.7. The summed E-state index contributed by atoms with van der Waals surface area (Å²) in [6, 6.07) is 11.6. The lowest BCUT2D eigenvalue weighted by molar-refractivity contribution is -0.171. The van der Waals surface area contributed by atoms with Gasteiger partial charge in [-0.2, -0.15) is 0 Å². The number of pyridine rings is 1. The number of allylic oxidation sites excluding steroid dienone is 1. The highest BCUT2D eigenvalue weighted by atomic mass is 16.5. The predicted octanol–water partition coefficient (Wildman–Crippen LogP) is 3.28. The molecule has 4 atom stereocenters. The van der Waals surface area contributed by atoms with Crippen LogP contribution in [-0.4, -0.2) is 48.3 Å². The van der Waals surface area contributed by atoms with Crippen LogP contribution >= 0.6 is 0 Å². The highest BCUT2D eigenvalue weighted by Crippen LogP contribution is 2.42. The van der Waals surface area contributed by atoms with Gasteiger partial charge in [-0.3, -0.25) is 14.7 Å². The van der Waals surface area contributed by atoms with Gasteiger partial charge in [-0.05, 0) is 42.2 Å². The topological polar surface area (TPSA) is 60.9 Å². The molecule has 0 bridgehead atoms. The number of hydrogen-bond donors (Lipinski definition) is 0. The van der Waals surface area contributed by atoms with E-state index in [1.807, 2.05) is 36.5 Å². The van der Waals surface area contributed by atoms with Gasteiger partial charge in [-0.1, -0.05) is 18.2 Å². The van der Waals surface area contributed by atoms with Gasteiger partial charge in [0.25, 0.3) is 0 Å². The number of nitrogens with zero attached hydrogens (tertiary/aromatic N) is 2. The Kier molecular flexibility index (Phi) is 5.27. The summed E-state index contributed by atoms with van der Waals surface area (Å²) in [6.07, 6.45) is 7.06. The number of benzene rings is 1. The van der Waals surface area contributed by atoms with Gasteiger partial charge in [0.05, 0.1) is 37.7 Å². The van der Waals surface area contributed by atoms with Crippen molar-refractivity contribution in [1.29, 1.82) is 0 Å². The minimum atomic E-state index is -0.130. The average Bonchev–Trinajstić information content (AvgIpc) is 2.80. The van der Waals surface area contributed by atoms with E-state index in [1.165, 1.54) is 0 Å². The van der Waals surface area contributed by atoms with Crippen molar-refractivity contribution in [1.82, 2.24) is 9.88 Å². The first-order chi connectivity index (χ1) is 14.7. The molecule has 0 spiro atoms. The number of methoxy groups -OCH3 is 1. The number of Topliss-reactive ketones (excluding diaryl/α,β-unsaturated/α-hetero) is 1. The first kappa shape index (κ1) is 19.3. The van der Waals surface area contributed by atoms with Crippen molar-refractivity contribution in [3.05, 3.63) is 66.2 Å². The average molecular weight is 406 g/mol. The molecule has 5 rings (SSSR count). The zero-order chi connectivity index (χ0) is 20.5. The van der Waals surface area contributed by atoms with Crippen molar-refractivity contribution >= 4 is 11.4 Å². The Morgan fingerprint density at radius 3 is 2.83 bits per heavy atom. The van der Waals surface area contributed by atoms with Crippen molar-refractivity contribution in [3.63, 3.8) is 0 Å². The molecular formula is C24H26N2O4. The summed E-state index contributed by atoms with van der Waals surface area (Å²) in [5.41, 5.74) is 2.69. The molecule has 3 heterocycles. The molecule has 1 aromatic heterocycles. The number of rotatable bonds is 4. The molecule has 1 aromatic carbocycles. The number of hydrogen-bond acceptors (Lipinski definition) is 6. The quantitative estimate of drug-likeness (QED) is 0.777. The molecule has 6 nitrogen and oxygen atoms in total. The molecular weight excluding hydrogens is 380 g/mol. The van der Waals surface area contributed by atoms with Crippen molar-refractivity contribution in [2.75, 3.05) is 20.4 Å². The van der Waals surface area contributed by atoms with E-state index in [9.17, 15) is 4.79 Å². The van der Waals surface area contributed by atoms with Crippen molar-refractivity contribution in [3.8, 4) is 5.75 Å². The molecule has 3 aliphatic rings. The van der Waals surface area contributed by atoms with Gasteiger partial charge in [0.2, 0.25) is 0 Å². The van der Waals surface area contributed by atoms with E-state index in [0.29, 0.717) is 12.3 Å². The molecule has 0 radical (unpaired) electrons. The molecule has 2 aromatic rings. The van der Waals surface area contributed by atoms with E-state index in [4.69, 9.17) is 14.2 Å². The van der Waals surface area contributed by atoms with Crippen LogP contribution in [0.2, 0.25) is 0 Å². The van der Waals surface area contributed by atoms with Gasteiger partial charge < -0.3 is 14.2 Å². The highest BCUT2D eigenvalue weighted by Gasteiger charge is 2.49. The maximum atomic E-state index is 13.3. The minimum absolute atomic E-state index is 0.115. The summed E-state index contributed by atoms with van der Waals surface area (Å²) < 4.78 is 17.6. The van der Waals surface area contributed by atoms with Crippen LogP contribution in [0, 0.1) is 11.8 Å². The van der Waals surface area contributed by atoms with Crippen LogP contribution in [0.15, 0.2) is 55.1 Å². The Morgan fingerprint density at radius 1 is 1.20 bits per heavy atom. The Labute approximate surface area is 176 Å². The Balaban J connectivity index is 1.33. The Hall–Kier alpha value is -2.70. The molecule has 2 aliphatic heterocycles. The number of ketones is 1. The zero-order valence-electron chi connectivity index (χ0n) is 17.1. The van der Waals surface area contributed by atoms with Crippen LogP contribution in [0.4, 0.5) is 0 Å². The molecule has 6 heteroatoms. The Bertz CT molecular complexity index is 928. The summed E-state index contributed by atoms with van der Waals surface area (Å²) >= 11 is 0. The molecule has 2 fully saturated rings. The van der Waals surface area contributed by atoms with Crippen LogP contribution < -0.4 is 4.74 Å². The van der Waals surface area contributed by atoms with Gasteiger partial charge >= 0.3 is 0 Å². The lowest BCUT2D eigenvalue weighted by atomic mass is 9.71. The molecule has 0 N–H and O–H groups in total. The molecule has 1 saturated heterocycles. The molecule has 1 aliphatic carbocycles. The van der Waals surface area contributed by atoms with Gasteiger partial charge in [0.15, 0.2) is 5.78 Å². The van der Waals surface area contributed by atoms with E-state index in [-0.39, 0.29) is 29.8 Å². The van der Waals surface area contributed by atoms with Gasteiger partial charge in [-0.25, -0.2) is 0 Å². The first-order valence-corrected chi connectivity index (χ1v) is 10.5. The number of fused-ring (bicyclic) bond motifs is 3. The fraction of sp³-hybridized carbons (Fsp3) is 0.417. The molecule has 0 amide bonds. The number of ether oxygens (including phenoxy) is 3. The lowest BCUT2D eigenvalue weighted by Crippen LogP contribution is -2.56. The number of aromatic nitrogens is 1. The SMILES string of the molecule is COc1ccc(C2=COC3C(CCC4OCN(Cc5cccnc5)CC43)C2=O)cc1. The van der Waals surface area contributed by atoms with Crippen LogP contribution in [0.3, 0.4) is 0 Å². The third-order valence-corrected chi connectivity index (χ3v) is 6.47. The molecule has 1 saturated carbocycles. The zero-order valence-corrected chi connectivity index (χ0v) is 17.1. The summed E-state index contributed by atoms with van der Waals surface area (Å²) in [5, 5.41) is 0. The van der Waals surface area contributed by atoms with Crippen molar-refractivity contribution in [2.24, 2.45) is 11.8 Å². The largest absolute Gasteiger partial charge is 0.497 e. The van der Waals surface area contributed by atoms with Gasteiger partial charge in [0.1, 0.15) is 11.9 Å². The number of carbonyl (C=O) groups excluding carboxylic acids is 1. The fourth-order valence-electron chi connectivity index (χ4n) is 4.93. The van der Waals surface area contributed by atoms with E-state index in [2.05, 4.69) is 16.0 Å². The number of carbonyl (C=O) groups is 1. The summed E-state index contributed by atoms with van der Waals surface area (Å²) in [4.78, 5) is 19.8. The van der Waals surface area contributed by atoms with Crippen LogP contribution in [0.1, 0.15) is 24.0 Å². The molecule has 30 heavy (non-hydrogen) atoms. The van der Waals surface area contributed by atoms with E-state index < -0.39 is 0 Å². The minimum Gasteiger partial charge on any atom is -0.497 e. The summed E-state index contributed by atoms with van der Waals surface area (Å²) in [6.45, 7) is 2.25. The van der Waals surface area contributed by atoms with E-state index >= 15 is 0 Å². The van der Waals surface area contributed by atoms with Crippen LogP contribution in [0.5, 0.6) is 5.75 Å². The second kappa shape index (κ2) is 8.20. The third kappa shape index (κ3) is 3.61. The second-order valence-corrected chi connectivity index (χ2v) is 8.28. The summed E-state index contributed by atoms with van der Waals surface area (Å²) in [5.74, 6) is 1.02. The van der Waals surface area contributed by atoms with Crippen molar-refractivity contribution in [2.45, 2.75) is 31.6 Å². The molecule has 4 unspecified atom stereocenters. The van der Waals surface area contributed by atoms with Crippen LogP contribution in [0.25, 0.3) is 5.57 Å². The van der Waals surface area contributed by atoms with Crippen molar-refractivity contribution < 1.29 is 19.0 Å².